The third-order valence-electron chi connectivity index (χ3n) is 2.82. The van der Waals surface area contributed by atoms with Crippen LogP contribution in [0, 0.1) is 6.92 Å². The van der Waals surface area contributed by atoms with Crippen molar-refractivity contribution in [2.45, 2.75) is 19.9 Å². The number of phenolic OH excluding ortho intramolecular Hbond substituents is 1. The summed E-state index contributed by atoms with van der Waals surface area (Å²) in [5, 5.41) is 9.76. The van der Waals surface area contributed by atoms with Crippen molar-refractivity contribution in [3.8, 4) is 5.75 Å². The Kier molecular flexibility index (Phi) is 5.45. The van der Waals surface area contributed by atoms with E-state index in [4.69, 9.17) is 0 Å². The van der Waals surface area contributed by atoms with Crippen molar-refractivity contribution >= 4 is 0 Å². The highest BCUT2D eigenvalue weighted by Gasteiger charge is 2.05. The Labute approximate surface area is 105 Å². The SMILES string of the molecule is Cc1ccc(O)c(CN(C)CCCN(C)C)c1. The summed E-state index contributed by atoms with van der Waals surface area (Å²) in [5.74, 6) is 0.398. The second kappa shape index (κ2) is 6.62. The van der Waals surface area contributed by atoms with E-state index in [2.05, 4.69) is 43.9 Å². The predicted octanol–water partition coefficient (Wildman–Crippen LogP) is 2.08. The molecule has 0 bridgehead atoms. The fourth-order valence-corrected chi connectivity index (χ4v) is 1.87. The van der Waals surface area contributed by atoms with Crippen molar-refractivity contribution in [1.29, 1.82) is 0 Å². The van der Waals surface area contributed by atoms with Crippen molar-refractivity contribution in [2.24, 2.45) is 0 Å². The number of aryl methyl sites for hydroxylation is 1. The average Bonchev–Trinajstić information content (AvgIpc) is 2.23. The van der Waals surface area contributed by atoms with Crippen LogP contribution in [0.1, 0.15) is 17.5 Å². The van der Waals surface area contributed by atoms with Gasteiger partial charge in [0.2, 0.25) is 0 Å². The van der Waals surface area contributed by atoms with Gasteiger partial charge in [-0.25, -0.2) is 0 Å². The number of phenols is 1. The Hall–Kier alpha value is -1.06. The second-order valence-electron chi connectivity index (χ2n) is 5.03. The maximum Gasteiger partial charge on any atom is 0.120 e. The predicted molar refractivity (Wildman–Crippen MR) is 72.3 cm³/mol. The summed E-state index contributed by atoms with van der Waals surface area (Å²) in [5.41, 5.74) is 2.21. The Balaban J connectivity index is 2.44. The summed E-state index contributed by atoms with van der Waals surface area (Å²) in [6, 6.07) is 5.76. The molecule has 0 aliphatic carbocycles. The highest BCUT2D eigenvalue weighted by molar-refractivity contribution is 5.35. The fraction of sp³-hybridized carbons (Fsp3) is 0.571. The zero-order valence-corrected chi connectivity index (χ0v) is 11.4. The molecule has 0 radical (unpaired) electrons. The van der Waals surface area contributed by atoms with E-state index in [-0.39, 0.29) is 0 Å². The number of hydrogen-bond donors (Lipinski definition) is 1. The fourth-order valence-electron chi connectivity index (χ4n) is 1.87. The molecule has 1 aromatic carbocycles. The van der Waals surface area contributed by atoms with Crippen molar-refractivity contribution in [3.05, 3.63) is 29.3 Å². The van der Waals surface area contributed by atoms with E-state index in [1.165, 1.54) is 5.56 Å². The lowest BCUT2D eigenvalue weighted by atomic mass is 10.1. The molecule has 0 fully saturated rings. The molecule has 0 aliphatic heterocycles. The van der Waals surface area contributed by atoms with Gasteiger partial charge in [0.1, 0.15) is 5.75 Å². The number of rotatable bonds is 6. The van der Waals surface area contributed by atoms with Gasteiger partial charge in [0, 0.05) is 12.1 Å². The maximum atomic E-state index is 9.76. The van der Waals surface area contributed by atoms with E-state index in [0.717, 1.165) is 31.6 Å². The minimum Gasteiger partial charge on any atom is -0.508 e. The largest absolute Gasteiger partial charge is 0.508 e. The van der Waals surface area contributed by atoms with Gasteiger partial charge in [-0.1, -0.05) is 17.7 Å². The van der Waals surface area contributed by atoms with E-state index in [1.807, 2.05) is 6.07 Å². The minimum atomic E-state index is 0.398. The first-order valence-electron chi connectivity index (χ1n) is 6.11. The molecule has 0 saturated carbocycles. The lowest BCUT2D eigenvalue weighted by Crippen LogP contribution is -2.23. The molecular formula is C14H24N2O. The lowest BCUT2D eigenvalue weighted by Gasteiger charge is -2.19. The third kappa shape index (κ3) is 5.20. The van der Waals surface area contributed by atoms with Gasteiger partial charge < -0.3 is 14.9 Å². The number of hydrogen-bond acceptors (Lipinski definition) is 3. The minimum absolute atomic E-state index is 0.398. The van der Waals surface area contributed by atoms with Crippen LogP contribution in [0.2, 0.25) is 0 Å². The normalized spacial score (nSPS) is 11.4. The van der Waals surface area contributed by atoms with Crippen molar-refractivity contribution in [2.75, 3.05) is 34.2 Å². The molecule has 0 saturated heterocycles. The number of nitrogens with zero attached hydrogens (tertiary/aromatic N) is 2. The molecule has 0 spiro atoms. The van der Waals surface area contributed by atoms with Crippen molar-refractivity contribution < 1.29 is 5.11 Å². The number of aromatic hydroxyl groups is 1. The topological polar surface area (TPSA) is 26.7 Å². The van der Waals surface area contributed by atoms with Crippen LogP contribution in [0.5, 0.6) is 5.75 Å². The monoisotopic (exact) mass is 236 g/mol. The van der Waals surface area contributed by atoms with Crippen LogP contribution in [0.3, 0.4) is 0 Å². The van der Waals surface area contributed by atoms with Gasteiger partial charge in [-0.05, 0) is 53.6 Å². The summed E-state index contributed by atoms with van der Waals surface area (Å²) in [7, 11) is 6.27. The highest BCUT2D eigenvalue weighted by atomic mass is 16.3. The molecule has 0 aromatic heterocycles. The molecule has 1 rings (SSSR count). The summed E-state index contributed by atoms with van der Waals surface area (Å²) >= 11 is 0. The van der Waals surface area contributed by atoms with Crippen LogP contribution in [-0.2, 0) is 6.54 Å². The zero-order valence-electron chi connectivity index (χ0n) is 11.4. The van der Waals surface area contributed by atoms with Gasteiger partial charge in [-0.3, -0.25) is 0 Å². The van der Waals surface area contributed by atoms with E-state index in [1.54, 1.807) is 6.07 Å². The highest BCUT2D eigenvalue weighted by Crippen LogP contribution is 2.19. The quantitative estimate of drug-likeness (QED) is 0.819. The molecule has 0 aliphatic rings. The van der Waals surface area contributed by atoms with Crippen LogP contribution in [0.4, 0.5) is 0 Å². The van der Waals surface area contributed by atoms with Crippen LogP contribution in [0.25, 0.3) is 0 Å². The molecule has 0 unspecified atom stereocenters. The molecule has 96 valence electrons. The van der Waals surface area contributed by atoms with Crippen LogP contribution in [-0.4, -0.2) is 49.1 Å². The van der Waals surface area contributed by atoms with Gasteiger partial charge in [0.05, 0.1) is 0 Å². The van der Waals surface area contributed by atoms with E-state index in [9.17, 15) is 5.11 Å². The van der Waals surface area contributed by atoms with Crippen molar-refractivity contribution in [1.82, 2.24) is 9.80 Å². The number of benzene rings is 1. The van der Waals surface area contributed by atoms with Gasteiger partial charge >= 0.3 is 0 Å². The third-order valence-corrected chi connectivity index (χ3v) is 2.82. The second-order valence-corrected chi connectivity index (χ2v) is 5.03. The first-order chi connectivity index (χ1) is 7.99. The Morgan fingerprint density at radius 2 is 1.82 bits per heavy atom. The summed E-state index contributed by atoms with van der Waals surface area (Å²) in [4.78, 5) is 4.44. The molecule has 1 N–H and O–H groups in total. The molecule has 0 heterocycles. The molecule has 3 nitrogen and oxygen atoms in total. The maximum absolute atomic E-state index is 9.76. The average molecular weight is 236 g/mol. The summed E-state index contributed by atoms with van der Waals surface area (Å²) in [6.45, 7) is 5.01. The van der Waals surface area contributed by atoms with Crippen LogP contribution >= 0.6 is 0 Å². The van der Waals surface area contributed by atoms with Crippen LogP contribution in [0.15, 0.2) is 18.2 Å². The Bertz CT molecular complexity index is 350. The van der Waals surface area contributed by atoms with Gasteiger partial charge in [0.15, 0.2) is 0 Å². The summed E-state index contributed by atoms with van der Waals surface area (Å²) in [6.07, 6.45) is 1.15. The Morgan fingerprint density at radius 3 is 2.47 bits per heavy atom. The van der Waals surface area contributed by atoms with E-state index in [0.29, 0.717) is 5.75 Å². The van der Waals surface area contributed by atoms with Gasteiger partial charge in [-0.15, -0.1) is 0 Å². The Morgan fingerprint density at radius 1 is 1.12 bits per heavy atom. The standard InChI is InChI=1S/C14H24N2O/c1-12-6-7-14(17)13(10-12)11-16(4)9-5-8-15(2)3/h6-7,10,17H,5,8-9,11H2,1-4H3. The van der Waals surface area contributed by atoms with Crippen molar-refractivity contribution in [3.63, 3.8) is 0 Å². The van der Waals surface area contributed by atoms with Gasteiger partial charge in [-0.2, -0.15) is 0 Å². The lowest BCUT2D eigenvalue weighted by molar-refractivity contribution is 0.291. The van der Waals surface area contributed by atoms with Crippen LogP contribution < -0.4 is 0 Å². The molecule has 0 atom stereocenters. The van der Waals surface area contributed by atoms with E-state index >= 15 is 0 Å². The first-order valence-corrected chi connectivity index (χ1v) is 6.11. The molecule has 1 aromatic rings. The van der Waals surface area contributed by atoms with Gasteiger partial charge in [0.25, 0.3) is 0 Å². The zero-order chi connectivity index (χ0) is 12.8. The molecular weight excluding hydrogens is 212 g/mol. The smallest absolute Gasteiger partial charge is 0.120 e. The molecule has 17 heavy (non-hydrogen) atoms. The molecule has 3 heteroatoms. The van der Waals surface area contributed by atoms with E-state index < -0.39 is 0 Å². The summed E-state index contributed by atoms with van der Waals surface area (Å²) < 4.78 is 0. The first kappa shape index (κ1) is 14.0. The molecule has 0 amide bonds.